The van der Waals surface area contributed by atoms with Gasteiger partial charge in [-0.2, -0.15) is 0 Å². The summed E-state index contributed by atoms with van der Waals surface area (Å²) in [5.74, 6) is 0.243. The lowest BCUT2D eigenvalue weighted by molar-refractivity contribution is 0.137. The third kappa shape index (κ3) is 5.81. The Labute approximate surface area is 167 Å². The number of phenolic OH excluding ortho intramolecular Hbond substituents is 1. The van der Waals surface area contributed by atoms with Gasteiger partial charge in [-0.05, 0) is 70.4 Å². The van der Waals surface area contributed by atoms with Crippen LogP contribution in [-0.4, -0.2) is 28.8 Å². The van der Waals surface area contributed by atoms with Crippen molar-refractivity contribution in [3.8, 4) is 5.75 Å². The van der Waals surface area contributed by atoms with Gasteiger partial charge in [-0.25, -0.2) is 0 Å². The highest BCUT2D eigenvalue weighted by Gasteiger charge is 2.39. The zero-order valence-electron chi connectivity index (χ0n) is 17.5. The Morgan fingerprint density at radius 3 is 2.14 bits per heavy atom. The second-order valence-electron chi connectivity index (χ2n) is 7.49. The summed E-state index contributed by atoms with van der Waals surface area (Å²) in [7, 11) is -3.52. The minimum Gasteiger partial charge on any atom is -0.507 e. The minimum absolute atomic E-state index is 0.243. The number of phenols is 1. The van der Waals surface area contributed by atoms with E-state index in [4.69, 9.17) is 9.05 Å². The summed E-state index contributed by atoms with van der Waals surface area (Å²) >= 11 is 0. The second kappa shape index (κ2) is 9.55. The molecule has 0 aliphatic carbocycles. The number of anilines is 1. The first kappa shape index (κ1) is 22.4. The third-order valence-electron chi connectivity index (χ3n) is 4.16. The molecule has 1 heterocycles. The molecule has 1 aromatic heterocycles. The molecule has 0 radical (unpaired) electrons. The normalized spacial score (nSPS) is 13.1. The fourth-order valence-electron chi connectivity index (χ4n) is 3.04. The van der Waals surface area contributed by atoms with E-state index in [9.17, 15) is 9.67 Å². The van der Waals surface area contributed by atoms with E-state index in [2.05, 4.69) is 10.3 Å². The molecule has 0 fully saturated rings. The van der Waals surface area contributed by atoms with Crippen LogP contribution in [-0.2, 0) is 13.6 Å². The summed E-state index contributed by atoms with van der Waals surface area (Å²) in [6, 6.07) is 7.42. The van der Waals surface area contributed by atoms with E-state index >= 15 is 0 Å². The molecule has 2 aromatic rings. The van der Waals surface area contributed by atoms with Crippen molar-refractivity contribution < 1.29 is 18.7 Å². The summed E-state index contributed by atoms with van der Waals surface area (Å²) in [5, 5.41) is 13.5. The Morgan fingerprint density at radius 2 is 1.68 bits per heavy atom. The van der Waals surface area contributed by atoms with Gasteiger partial charge in [-0.3, -0.25) is 9.55 Å². The molecular formula is C21H31N2O4P. The topological polar surface area (TPSA) is 80.7 Å². The van der Waals surface area contributed by atoms with E-state index < -0.39 is 13.3 Å². The summed E-state index contributed by atoms with van der Waals surface area (Å²) in [6.45, 7) is 11.4. The van der Waals surface area contributed by atoms with Gasteiger partial charge >= 0.3 is 7.60 Å². The predicted octanol–water partition coefficient (Wildman–Crippen LogP) is 5.60. The molecule has 0 aliphatic rings. The molecule has 0 amide bonds. The van der Waals surface area contributed by atoms with E-state index in [0.717, 1.165) is 22.4 Å². The van der Waals surface area contributed by atoms with Crippen molar-refractivity contribution in [2.24, 2.45) is 0 Å². The van der Waals surface area contributed by atoms with Crippen LogP contribution in [0.3, 0.4) is 0 Å². The number of pyridine rings is 1. The highest BCUT2D eigenvalue weighted by molar-refractivity contribution is 7.54. The third-order valence-corrected chi connectivity index (χ3v) is 6.83. The maximum Gasteiger partial charge on any atom is 0.340 e. The van der Waals surface area contributed by atoms with Crippen LogP contribution in [0.15, 0.2) is 36.7 Å². The number of nitrogens with zero attached hydrogens (tertiary/aromatic N) is 1. The van der Waals surface area contributed by atoms with Crippen molar-refractivity contribution in [2.75, 3.05) is 11.9 Å². The quantitative estimate of drug-likeness (QED) is 0.528. The van der Waals surface area contributed by atoms with Gasteiger partial charge < -0.3 is 19.5 Å². The summed E-state index contributed by atoms with van der Waals surface area (Å²) in [6.07, 6.45) is 2.89. The van der Waals surface area contributed by atoms with E-state index in [1.54, 1.807) is 12.4 Å². The largest absolute Gasteiger partial charge is 0.507 e. The molecule has 6 nitrogen and oxygen atoms in total. The number of hydrogen-bond donors (Lipinski definition) is 2. The Balaban J connectivity index is 2.48. The van der Waals surface area contributed by atoms with Crippen molar-refractivity contribution in [3.63, 3.8) is 0 Å². The van der Waals surface area contributed by atoms with Gasteiger partial charge in [0.1, 0.15) is 11.4 Å². The van der Waals surface area contributed by atoms with Crippen molar-refractivity contribution in [3.05, 3.63) is 53.3 Å². The molecular weight excluding hydrogens is 375 g/mol. The minimum atomic E-state index is -3.52. The van der Waals surface area contributed by atoms with Crippen LogP contribution in [0.25, 0.3) is 0 Å². The number of aromatic nitrogens is 1. The van der Waals surface area contributed by atoms with Gasteiger partial charge in [0.05, 0.1) is 17.9 Å². The molecule has 1 unspecified atom stereocenters. The van der Waals surface area contributed by atoms with Gasteiger partial charge in [0, 0.05) is 18.9 Å². The van der Waals surface area contributed by atoms with Crippen LogP contribution in [0.5, 0.6) is 5.75 Å². The fourth-order valence-corrected chi connectivity index (χ4v) is 5.38. The van der Waals surface area contributed by atoms with Crippen LogP contribution in [0.1, 0.15) is 50.0 Å². The zero-order chi connectivity index (χ0) is 20.9. The highest BCUT2D eigenvalue weighted by Crippen LogP contribution is 2.62. The van der Waals surface area contributed by atoms with Crippen molar-refractivity contribution in [1.29, 1.82) is 0 Å². The van der Waals surface area contributed by atoms with Crippen molar-refractivity contribution >= 4 is 13.3 Å². The average molecular weight is 406 g/mol. The Bertz CT molecular complexity index is 787. The lowest BCUT2D eigenvalue weighted by Crippen LogP contribution is -2.20. The molecule has 2 N–H and O–H groups in total. The first-order valence-electron chi connectivity index (χ1n) is 9.53. The van der Waals surface area contributed by atoms with E-state index in [-0.39, 0.29) is 18.0 Å². The van der Waals surface area contributed by atoms with E-state index in [1.807, 2.05) is 65.8 Å². The number of aryl methyl sites for hydroxylation is 2. The fraction of sp³-hybridized carbons (Fsp3) is 0.476. The first-order chi connectivity index (χ1) is 13.1. The smallest absolute Gasteiger partial charge is 0.340 e. The number of nitrogens with one attached hydrogen (secondary N) is 1. The molecule has 0 bridgehead atoms. The average Bonchev–Trinajstić information content (AvgIpc) is 2.59. The van der Waals surface area contributed by atoms with Crippen molar-refractivity contribution in [2.45, 2.75) is 59.4 Å². The number of aromatic hydroxyl groups is 1. The van der Waals surface area contributed by atoms with Gasteiger partial charge in [-0.1, -0.05) is 12.1 Å². The standard InChI is InChI=1S/C21H31N2O4P/c1-14(2)26-28(25,27-15(3)4)20(13-23-19-8-7-9-22-12-19)18-10-16(5)21(24)17(6)11-18/h7-12,14-15,20,23-24H,13H2,1-6H3. The van der Waals surface area contributed by atoms with Crippen molar-refractivity contribution in [1.82, 2.24) is 4.98 Å². The SMILES string of the molecule is Cc1cc(C(CNc2cccnc2)P(=O)(OC(C)C)OC(C)C)cc(C)c1O. The molecule has 28 heavy (non-hydrogen) atoms. The molecule has 0 saturated carbocycles. The summed E-state index contributed by atoms with van der Waals surface area (Å²) < 4.78 is 25.7. The van der Waals surface area contributed by atoms with Crippen LogP contribution >= 0.6 is 7.60 Å². The maximum atomic E-state index is 13.9. The second-order valence-corrected chi connectivity index (χ2v) is 9.61. The molecule has 2 rings (SSSR count). The van der Waals surface area contributed by atoms with Gasteiger partial charge in [0.25, 0.3) is 0 Å². The monoisotopic (exact) mass is 406 g/mol. The lowest BCUT2D eigenvalue weighted by atomic mass is 10.0. The highest BCUT2D eigenvalue weighted by atomic mass is 31.2. The van der Waals surface area contributed by atoms with Crippen LogP contribution in [0.4, 0.5) is 5.69 Å². The molecule has 1 atom stereocenters. The Kier molecular flexibility index (Phi) is 7.64. The molecule has 1 aromatic carbocycles. The summed E-state index contributed by atoms with van der Waals surface area (Å²) in [5.41, 5.74) is 2.52. The first-order valence-corrected chi connectivity index (χ1v) is 11.1. The van der Waals surface area contributed by atoms with Crippen LogP contribution in [0, 0.1) is 13.8 Å². The van der Waals surface area contributed by atoms with E-state index in [1.165, 1.54) is 0 Å². The lowest BCUT2D eigenvalue weighted by Gasteiger charge is -2.31. The maximum absolute atomic E-state index is 13.9. The number of rotatable bonds is 9. The van der Waals surface area contributed by atoms with Gasteiger partial charge in [0.15, 0.2) is 0 Å². The van der Waals surface area contributed by atoms with Gasteiger partial charge in [0.2, 0.25) is 0 Å². The van der Waals surface area contributed by atoms with Crippen LogP contribution in [0.2, 0.25) is 0 Å². The summed E-state index contributed by atoms with van der Waals surface area (Å²) in [4.78, 5) is 4.11. The van der Waals surface area contributed by atoms with Gasteiger partial charge in [-0.15, -0.1) is 0 Å². The van der Waals surface area contributed by atoms with E-state index in [0.29, 0.717) is 6.54 Å². The predicted molar refractivity (Wildman–Crippen MR) is 113 cm³/mol. The molecule has 7 heteroatoms. The molecule has 0 spiro atoms. The Morgan fingerprint density at radius 1 is 1.11 bits per heavy atom. The molecule has 154 valence electrons. The number of benzene rings is 1. The molecule has 0 saturated heterocycles. The Hall–Kier alpha value is -1.88. The molecule has 0 aliphatic heterocycles. The number of hydrogen-bond acceptors (Lipinski definition) is 6. The van der Waals surface area contributed by atoms with Crippen LogP contribution < -0.4 is 5.32 Å². The zero-order valence-corrected chi connectivity index (χ0v) is 18.4.